The number of halogens is 2. The molecular formula is C26H24F2N2O4. The number of ether oxygens (including phenoxy) is 2. The molecule has 34 heavy (non-hydrogen) atoms. The molecule has 176 valence electrons. The van der Waals surface area contributed by atoms with Crippen LogP contribution in [0.3, 0.4) is 0 Å². The topological polar surface area (TPSA) is 67.9 Å². The minimum atomic E-state index is -1.11. The summed E-state index contributed by atoms with van der Waals surface area (Å²) in [5.74, 6) is -0.979. The number of anilines is 1. The third-order valence-electron chi connectivity index (χ3n) is 5.41. The number of nitrogens with zero attached hydrogens (tertiary/aromatic N) is 1. The number of para-hydroxylation sites is 1. The highest BCUT2D eigenvalue weighted by Crippen LogP contribution is 2.33. The maximum atomic E-state index is 13.8. The molecule has 0 spiro atoms. The lowest BCUT2D eigenvalue weighted by atomic mass is 10.0. The van der Waals surface area contributed by atoms with Crippen molar-refractivity contribution in [2.24, 2.45) is 0 Å². The Morgan fingerprint density at radius 3 is 2.21 bits per heavy atom. The van der Waals surface area contributed by atoms with Gasteiger partial charge < -0.3 is 19.7 Å². The van der Waals surface area contributed by atoms with Crippen LogP contribution in [0.25, 0.3) is 0 Å². The highest BCUT2D eigenvalue weighted by Gasteiger charge is 2.38. The molecule has 1 aliphatic carbocycles. The van der Waals surface area contributed by atoms with Crippen molar-refractivity contribution in [2.45, 2.75) is 31.3 Å². The average Bonchev–Trinajstić information content (AvgIpc) is 3.64. The number of hydrogen-bond acceptors (Lipinski definition) is 4. The van der Waals surface area contributed by atoms with Gasteiger partial charge in [0.05, 0.1) is 7.11 Å². The highest BCUT2D eigenvalue weighted by molar-refractivity contribution is 6.00. The average molecular weight is 466 g/mol. The lowest BCUT2D eigenvalue weighted by Crippen LogP contribution is -2.51. The predicted octanol–water partition coefficient (Wildman–Crippen LogP) is 4.87. The normalized spacial score (nSPS) is 13.6. The first kappa shape index (κ1) is 23.2. The van der Waals surface area contributed by atoms with Gasteiger partial charge in [0, 0.05) is 24.2 Å². The molecule has 1 atom stereocenters. The van der Waals surface area contributed by atoms with Gasteiger partial charge >= 0.3 is 6.09 Å². The van der Waals surface area contributed by atoms with Crippen LogP contribution >= 0.6 is 0 Å². The molecule has 3 aromatic carbocycles. The zero-order chi connectivity index (χ0) is 24.1. The second-order valence-electron chi connectivity index (χ2n) is 8.02. The zero-order valence-corrected chi connectivity index (χ0v) is 18.5. The molecule has 0 aliphatic heterocycles. The van der Waals surface area contributed by atoms with Gasteiger partial charge in [0.2, 0.25) is 5.91 Å². The number of benzene rings is 3. The van der Waals surface area contributed by atoms with Crippen molar-refractivity contribution in [2.75, 3.05) is 12.0 Å². The minimum Gasteiger partial charge on any atom is -0.497 e. The van der Waals surface area contributed by atoms with Crippen LogP contribution in [0.1, 0.15) is 18.4 Å². The molecular weight excluding hydrogens is 442 g/mol. The molecule has 0 aromatic heterocycles. The molecule has 0 radical (unpaired) electrons. The van der Waals surface area contributed by atoms with E-state index < -0.39 is 29.7 Å². The van der Waals surface area contributed by atoms with Crippen LogP contribution in [0, 0.1) is 11.6 Å². The first-order chi connectivity index (χ1) is 16.4. The van der Waals surface area contributed by atoms with Crippen molar-refractivity contribution in [3.63, 3.8) is 0 Å². The molecule has 0 saturated heterocycles. The maximum absolute atomic E-state index is 13.8. The van der Waals surface area contributed by atoms with Gasteiger partial charge in [-0.15, -0.1) is 0 Å². The molecule has 0 heterocycles. The summed E-state index contributed by atoms with van der Waals surface area (Å²) in [4.78, 5) is 27.9. The predicted molar refractivity (Wildman–Crippen MR) is 123 cm³/mol. The van der Waals surface area contributed by atoms with E-state index in [-0.39, 0.29) is 18.0 Å². The van der Waals surface area contributed by atoms with Gasteiger partial charge in [-0.3, -0.25) is 4.79 Å². The zero-order valence-electron chi connectivity index (χ0n) is 18.5. The molecule has 1 saturated carbocycles. The van der Waals surface area contributed by atoms with E-state index in [2.05, 4.69) is 5.32 Å². The third kappa shape index (κ3) is 5.89. The van der Waals surface area contributed by atoms with E-state index in [9.17, 15) is 18.4 Å². The fourth-order valence-electron chi connectivity index (χ4n) is 3.69. The Morgan fingerprint density at radius 2 is 1.62 bits per heavy atom. The van der Waals surface area contributed by atoms with Gasteiger partial charge in [0.15, 0.2) is 0 Å². The fourth-order valence-corrected chi connectivity index (χ4v) is 3.69. The SMILES string of the molecule is COc1ccc(N(C(=O)[C@H](Cc2cc(F)cc(F)c2)NC(=O)Oc2ccccc2)C2CC2)cc1. The summed E-state index contributed by atoms with van der Waals surface area (Å²) in [5.41, 5.74) is 0.878. The van der Waals surface area contributed by atoms with E-state index in [1.807, 2.05) is 0 Å². The van der Waals surface area contributed by atoms with Crippen LogP contribution in [-0.2, 0) is 11.2 Å². The summed E-state index contributed by atoms with van der Waals surface area (Å²) in [7, 11) is 1.55. The largest absolute Gasteiger partial charge is 0.497 e. The first-order valence-electron chi connectivity index (χ1n) is 10.9. The highest BCUT2D eigenvalue weighted by atomic mass is 19.1. The van der Waals surface area contributed by atoms with Crippen LogP contribution in [-0.4, -0.2) is 31.2 Å². The van der Waals surface area contributed by atoms with Crippen LogP contribution in [0.5, 0.6) is 11.5 Å². The summed E-state index contributed by atoms with van der Waals surface area (Å²) in [5, 5.41) is 2.59. The third-order valence-corrected chi connectivity index (χ3v) is 5.41. The second-order valence-corrected chi connectivity index (χ2v) is 8.02. The minimum absolute atomic E-state index is 0.0282. The monoisotopic (exact) mass is 466 g/mol. The van der Waals surface area contributed by atoms with Gasteiger partial charge in [0.1, 0.15) is 29.2 Å². The molecule has 0 bridgehead atoms. The summed E-state index contributed by atoms with van der Waals surface area (Å²) in [6, 6.07) is 17.3. The van der Waals surface area contributed by atoms with Crippen molar-refractivity contribution in [1.29, 1.82) is 0 Å². The van der Waals surface area contributed by atoms with Crippen LogP contribution < -0.4 is 19.7 Å². The number of rotatable bonds is 8. The summed E-state index contributed by atoms with van der Waals surface area (Å²) < 4.78 is 38.1. The van der Waals surface area contributed by atoms with Crippen LogP contribution in [0.4, 0.5) is 19.3 Å². The molecule has 2 amide bonds. The molecule has 1 fully saturated rings. The molecule has 0 unspecified atom stereocenters. The van der Waals surface area contributed by atoms with E-state index in [1.165, 1.54) is 0 Å². The Morgan fingerprint density at radius 1 is 0.971 bits per heavy atom. The molecule has 8 heteroatoms. The molecule has 1 aliphatic rings. The summed E-state index contributed by atoms with van der Waals surface area (Å²) >= 11 is 0. The molecule has 4 rings (SSSR count). The lowest BCUT2D eigenvalue weighted by Gasteiger charge is -2.28. The molecule has 6 nitrogen and oxygen atoms in total. The first-order valence-corrected chi connectivity index (χ1v) is 10.9. The number of amides is 2. The van der Waals surface area contributed by atoms with Crippen molar-refractivity contribution < 1.29 is 27.8 Å². The van der Waals surface area contributed by atoms with Gasteiger partial charge in [-0.05, 0) is 66.9 Å². The Bertz CT molecular complexity index is 1130. The van der Waals surface area contributed by atoms with E-state index in [0.717, 1.165) is 31.0 Å². The summed E-state index contributed by atoms with van der Waals surface area (Å²) in [6.07, 6.45) is 0.671. The Labute approximate surface area is 196 Å². The maximum Gasteiger partial charge on any atom is 0.413 e. The van der Waals surface area contributed by atoms with E-state index in [1.54, 1.807) is 66.6 Å². The quantitative estimate of drug-likeness (QED) is 0.515. The number of carbonyl (C=O) groups excluding carboxylic acids is 2. The smallest absolute Gasteiger partial charge is 0.413 e. The van der Waals surface area contributed by atoms with Crippen LogP contribution in [0.15, 0.2) is 72.8 Å². The van der Waals surface area contributed by atoms with Gasteiger partial charge in [-0.25, -0.2) is 13.6 Å². The van der Waals surface area contributed by atoms with Gasteiger partial charge in [-0.2, -0.15) is 0 Å². The lowest BCUT2D eigenvalue weighted by molar-refractivity contribution is -0.120. The molecule has 3 aromatic rings. The number of methoxy groups -OCH3 is 1. The van der Waals surface area contributed by atoms with Crippen molar-refractivity contribution in [1.82, 2.24) is 5.32 Å². The Balaban J connectivity index is 1.60. The van der Waals surface area contributed by atoms with E-state index >= 15 is 0 Å². The van der Waals surface area contributed by atoms with Crippen molar-refractivity contribution in [3.05, 3.63) is 90.0 Å². The summed E-state index contributed by atoms with van der Waals surface area (Å²) in [6.45, 7) is 0. The van der Waals surface area contributed by atoms with Gasteiger partial charge in [-0.1, -0.05) is 18.2 Å². The van der Waals surface area contributed by atoms with E-state index in [0.29, 0.717) is 17.2 Å². The second kappa shape index (κ2) is 10.3. The number of carbonyl (C=O) groups is 2. The van der Waals surface area contributed by atoms with Crippen LogP contribution in [0.2, 0.25) is 0 Å². The Hall–Kier alpha value is -3.94. The van der Waals surface area contributed by atoms with Crippen molar-refractivity contribution in [3.8, 4) is 11.5 Å². The molecule has 1 N–H and O–H groups in total. The number of nitrogens with one attached hydrogen (secondary N) is 1. The van der Waals surface area contributed by atoms with Gasteiger partial charge in [0.25, 0.3) is 0 Å². The van der Waals surface area contributed by atoms with Crippen molar-refractivity contribution >= 4 is 17.7 Å². The van der Waals surface area contributed by atoms with E-state index in [4.69, 9.17) is 9.47 Å². The Kier molecular flexibility index (Phi) is 7.06. The standard InChI is InChI=1S/C26H24F2N2O4/c1-33-22-11-9-21(10-12-22)30(20-7-8-20)25(31)24(15-17-13-18(27)16-19(28)14-17)29-26(32)34-23-5-3-2-4-6-23/h2-6,9-14,16,20,24H,7-8,15H2,1H3,(H,29,32)/t24-/m0/s1. The fraction of sp³-hybridized carbons (Fsp3) is 0.231. The number of hydrogen-bond donors (Lipinski definition) is 1.